The van der Waals surface area contributed by atoms with Crippen LogP contribution in [-0.4, -0.2) is 11.0 Å². The van der Waals surface area contributed by atoms with Gasteiger partial charge in [-0.15, -0.1) is 11.3 Å². The molecule has 5 heteroatoms. The molecule has 1 heterocycles. The van der Waals surface area contributed by atoms with E-state index in [1.54, 1.807) is 0 Å². The maximum atomic E-state index is 12.1. The van der Waals surface area contributed by atoms with Crippen molar-refractivity contribution < 1.29 is 4.79 Å². The highest BCUT2D eigenvalue weighted by atomic mass is 32.1. The van der Waals surface area contributed by atoms with Gasteiger partial charge in [0, 0.05) is 16.6 Å². The number of rotatable bonds is 3. The van der Waals surface area contributed by atoms with Crippen LogP contribution in [0.5, 0.6) is 0 Å². The summed E-state index contributed by atoms with van der Waals surface area (Å²) < 4.78 is 0. The van der Waals surface area contributed by atoms with Gasteiger partial charge in [-0.3, -0.25) is 5.32 Å². The second kappa shape index (κ2) is 6.84. The van der Waals surface area contributed by atoms with Gasteiger partial charge in [0.25, 0.3) is 0 Å². The standard InChI is InChI=1S/C19H19N3OS/c1-12-9-13(2)17(14(3)10-12)16-11-24-19(21-16)22-18(23)20-15-7-5-4-6-8-15/h4-11H,1-3H3,(H2,20,21,22,23). The molecular formula is C19H19N3OS. The molecule has 0 aliphatic rings. The number of thiazole rings is 1. The van der Waals surface area contributed by atoms with E-state index in [4.69, 9.17) is 0 Å². The lowest BCUT2D eigenvalue weighted by atomic mass is 9.98. The smallest absolute Gasteiger partial charge is 0.308 e. The Morgan fingerprint density at radius 3 is 2.33 bits per heavy atom. The van der Waals surface area contributed by atoms with Crippen molar-refractivity contribution in [3.8, 4) is 11.3 Å². The van der Waals surface area contributed by atoms with Crippen molar-refractivity contribution in [1.82, 2.24) is 4.98 Å². The van der Waals surface area contributed by atoms with Crippen LogP contribution in [0.3, 0.4) is 0 Å². The summed E-state index contributed by atoms with van der Waals surface area (Å²) in [5, 5.41) is 8.13. The zero-order valence-electron chi connectivity index (χ0n) is 13.9. The van der Waals surface area contributed by atoms with E-state index in [1.165, 1.54) is 28.0 Å². The van der Waals surface area contributed by atoms with Crippen molar-refractivity contribution in [2.75, 3.05) is 10.6 Å². The predicted octanol–water partition coefficient (Wildman–Crippen LogP) is 5.38. The average Bonchev–Trinajstić information content (AvgIpc) is 2.95. The third kappa shape index (κ3) is 3.63. The zero-order valence-corrected chi connectivity index (χ0v) is 14.7. The number of carbonyl (C=O) groups excluding carboxylic acids is 1. The van der Waals surface area contributed by atoms with E-state index in [0.717, 1.165) is 16.9 Å². The van der Waals surface area contributed by atoms with Crippen LogP contribution in [-0.2, 0) is 0 Å². The van der Waals surface area contributed by atoms with Gasteiger partial charge in [0.1, 0.15) is 0 Å². The first-order valence-electron chi connectivity index (χ1n) is 7.70. The third-order valence-corrected chi connectivity index (χ3v) is 4.45. The second-order valence-corrected chi connectivity index (χ2v) is 6.61. The Morgan fingerprint density at radius 1 is 1.00 bits per heavy atom. The molecule has 0 fully saturated rings. The monoisotopic (exact) mass is 337 g/mol. The van der Waals surface area contributed by atoms with E-state index in [9.17, 15) is 4.79 Å². The van der Waals surface area contributed by atoms with Gasteiger partial charge >= 0.3 is 6.03 Å². The van der Waals surface area contributed by atoms with Crippen LogP contribution in [0.15, 0.2) is 47.8 Å². The third-order valence-electron chi connectivity index (χ3n) is 3.69. The lowest BCUT2D eigenvalue weighted by molar-refractivity contribution is 0.262. The van der Waals surface area contributed by atoms with Gasteiger partial charge in [0.05, 0.1) is 5.69 Å². The van der Waals surface area contributed by atoms with Gasteiger partial charge in [-0.25, -0.2) is 9.78 Å². The molecular weight excluding hydrogens is 318 g/mol. The van der Waals surface area contributed by atoms with E-state index < -0.39 is 0 Å². The van der Waals surface area contributed by atoms with Crippen LogP contribution in [0, 0.1) is 20.8 Å². The molecule has 3 rings (SSSR count). The molecule has 2 N–H and O–H groups in total. The Hall–Kier alpha value is -2.66. The number of nitrogens with zero attached hydrogens (tertiary/aromatic N) is 1. The molecule has 1 aromatic heterocycles. The Bertz CT molecular complexity index is 848. The highest BCUT2D eigenvalue weighted by Crippen LogP contribution is 2.31. The zero-order chi connectivity index (χ0) is 17.1. The molecule has 0 aliphatic heterocycles. The molecule has 24 heavy (non-hydrogen) atoms. The Labute approximate surface area is 145 Å². The van der Waals surface area contributed by atoms with Crippen molar-refractivity contribution in [2.45, 2.75) is 20.8 Å². The molecule has 0 spiro atoms. The van der Waals surface area contributed by atoms with E-state index in [0.29, 0.717) is 5.13 Å². The molecule has 2 amide bonds. The Balaban J connectivity index is 1.76. The van der Waals surface area contributed by atoms with E-state index in [1.807, 2.05) is 35.7 Å². The number of anilines is 2. The minimum Gasteiger partial charge on any atom is -0.308 e. The number of aryl methyl sites for hydroxylation is 3. The van der Waals surface area contributed by atoms with Crippen molar-refractivity contribution in [3.63, 3.8) is 0 Å². The number of amides is 2. The highest BCUT2D eigenvalue weighted by molar-refractivity contribution is 7.14. The molecule has 0 radical (unpaired) electrons. The van der Waals surface area contributed by atoms with Crippen LogP contribution < -0.4 is 10.6 Å². The number of hydrogen-bond acceptors (Lipinski definition) is 3. The summed E-state index contributed by atoms with van der Waals surface area (Å²) >= 11 is 1.42. The summed E-state index contributed by atoms with van der Waals surface area (Å²) in [6.07, 6.45) is 0. The fraction of sp³-hybridized carbons (Fsp3) is 0.158. The lowest BCUT2D eigenvalue weighted by Crippen LogP contribution is -2.19. The van der Waals surface area contributed by atoms with Gasteiger partial charge in [-0.2, -0.15) is 0 Å². The number of hydrogen-bond donors (Lipinski definition) is 2. The minimum atomic E-state index is -0.292. The number of aromatic nitrogens is 1. The summed E-state index contributed by atoms with van der Waals surface area (Å²) in [6, 6.07) is 13.3. The quantitative estimate of drug-likeness (QED) is 0.674. The van der Waals surface area contributed by atoms with Gasteiger partial charge in [0.2, 0.25) is 0 Å². The molecule has 0 atom stereocenters. The molecule has 2 aromatic carbocycles. The molecule has 4 nitrogen and oxygen atoms in total. The average molecular weight is 337 g/mol. The first-order chi connectivity index (χ1) is 11.5. The summed E-state index contributed by atoms with van der Waals surface area (Å²) in [5.74, 6) is 0. The van der Waals surface area contributed by atoms with Crippen molar-refractivity contribution in [2.24, 2.45) is 0 Å². The summed E-state index contributed by atoms with van der Waals surface area (Å²) in [7, 11) is 0. The SMILES string of the molecule is Cc1cc(C)c(-c2csc(NC(=O)Nc3ccccc3)n2)c(C)c1. The summed E-state index contributed by atoms with van der Waals surface area (Å²) in [4.78, 5) is 16.6. The van der Waals surface area contributed by atoms with E-state index in [-0.39, 0.29) is 6.03 Å². The Kier molecular flexibility index (Phi) is 4.62. The van der Waals surface area contributed by atoms with Crippen LogP contribution in [0.25, 0.3) is 11.3 Å². The fourth-order valence-corrected chi connectivity index (χ4v) is 3.51. The largest absolute Gasteiger partial charge is 0.325 e. The molecule has 0 aliphatic carbocycles. The van der Waals surface area contributed by atoms with Crippen LogP contribution in [0.4, 0.5) is 15.6 Å². The highest BCUT2D eigenvalue weighted by Gasteiger charge is 2.12. The number of nitrogens with one attached hydrogen (secondary N) is 2. The number of benzene rings is 2. The molecule has 0 saturated carbocycles. The van der Waals surface area contributed by atoms with Crippen LogP contribution >= 0.6 is 11.3 Å². The first-order valence-corrected chi connectivity index (χ1v) is 8.57. The minimum absolute atomic E-state index is 0.292. The summed E-state index contributed by atoms with van der Waals surface area (Å²) in [6.45, 7) is 6.26. The van der Waals surface area contributed by atoms with E-state index >= 15 is 0 Å². The number of para-hydroxylation sites is 1. The van der Waals surface area contributed by atoms with Crippen molar-refractivity contribution in [1.29, 1.82) is 0 Å². The normalized spacial score (nSPS) is 10.5. The molecule has 122 valence electrons. The first kappa shape index (κ1) is 16.2. The topological polar surface area (TPSA) is 54.0 Å². The van der Waals surface area contributed by atoms with Crippen LogP contribution in [0.1, 0.15) is 16.7 Å². The van der Waals surface area contributed by atoms with Gasteiger partial charge in [-0.05, 0) is 44.0 Å². The Morgan fingerprint density at radius 2 is 1.67 bits per heavy atom. The van der Waals surface area contributed by atoms with Crippen molar-refractivity contribution in [3.05, 3.63) is 64.5 Å². The number of urea groups is 1. The molecule has 0 bridgehead atoms. The maximum Gasteiger partial charge on any atom is 0.325 e. The van der Waals surface area contributed by atoms with Gasteiger partial charge < -0.3 is 5.32 Å². The molecule has 0 unspecified atom stereocenters. The van der Waals surface area contributed by atoms with Gasteiger partial charge in [0.15, 0.2) is 5.13 Å². The molecule has 3 aromatic rings. The van der Waals surface area contributed by atoms with Crippen LogP contribution in [0.2, 0.25) is 0 Å². The maximum absolute atomic E-state index is 12.1. The lowest BCUT2D eigenvalue weighted by Gasteiger charge is -2.09. The van der Waals surface area contributed by atoms with Crippen molar-refractivity contribution >= 4 is 28.2 Å². The summed E-state index contributed by atoms with van der Waals surface area (Å²) in [5.41, 5.74) is 6.40. The molecule has 0 saturated heterocycles. The van der Waals surface area contributed by atoms with E-state index in [2.05, 4.69) is 48.5 Å². The fourth-order valence-electron chi connectivity index (χ4n) is 2.81. The second-order valence-electron chi connectivity index (χ2n) is 5.76. The number of carbonyl (C=O) groups is 1. The van der Waals surface area contributed by atoms with Gasteiger partial charge in [-0.1, -0.05) is 35.9 Å². The predicted molar refractivity (Wildman–Crippen MR) is 101 cm³/mol.